The maximum absolute atomic E-state index is 12.5. The molecule has 0 saturated heterocycles. The van der Waals surface area contributed by atoms with E-state index in [4.69, 9.17) is 5.11 Å². The van der Waals surface area contributed by atoms with E-state index < -0.39 is 5.97 Å². The summed E-state index contributed by atoms with van der Waals surface area (Å²) in [6, 6.07) is -0.129. The third-order valence-corrected chi connectivity index (χ3v) is 4.07. The summed E-state index contributed by atoms with van der Waals surface area (Å²) >= 11 is 0. The predicted octanol–water partition coefficient (Wildman–Crippen LogP) is 2.48. The van der Waals surface area contributed by atoms with E-state index in [1.807, 2.05) is 30.6 Å². The molecule has 0 spiro atoms. The molecular weight excluding hydrogens is 268 g/mol. The largest absolute Gasteiger partial charge is 0.481 e. The second kappa shape index (κ2) is 8.82. The molecule has 0 fully saturated rings. The Kier molecular flexibility index (Phi) is 7.43. The van der Waals surface area contributed by atoms with Crippen LogP contribution in [0.1, 0.15) is 52.9 Å². The fraction of sp³-hybridized carbons (Fsp3) is 0.750. The Bertz CT molecular complexity index is 393. The van der Waals surface area contributed by atoms with Gasteiger partial charge in [0.05, 0.1) is 13.0 Å². The van der Waals surface area contributed by atoms with E-state index in [-0.39, 0.29) is 24.9 Å². The average molecular weight is 296 g/mol. The molecule has 5 heteroatoms. The van der Waals surface area contributed by atoms with E-state index in [1.54, 1.807) is 0 Å². The predicted molar refractivity (Wildman–Crippen MR) is 82.9 cm³/mol. The van der Waals surface area contributed by atoms with Crippen LogP contribution in [0.4, 0.5) is 0 Å². The van der Waals surface area contributed by atoms with Crippen molar-refractivity contribution < 1.29 is 14.7 Å². The van der Waals surface area contributed by atoms with E-state index in [0.29, 0.717) is 13.1 Å². The number of nitrogens with zero attached hydrogens (tertiary/aromatic N) is 2. The van der Waals surface area contributed by atoms with Gasteiger partial charge in [-0.05, 0) is 46.1 Å². The summed E-state index contributed by atoms with van der Waals surface area (Å²) in [5, 5.41) is 8.89. The number of carbonyl (C=O) groups is 2. The molecule has 1 atom stereocenters. The number of hydrogen-bond donors (Lipinski definition) is 1. The summed E-state index contributed by atoms with van der Waals surface area (Å²) in [6.45, 7) is 7.45. The van der Waals surface area contributed by atoms with Crippen molar-refractivity contribution >= 4 is 11.9 Å². The topological polar surface area (TPSA) is 60.9 Å². The van der Waals surface area contributed by atoms with Crippen molar-refractivity contribution in [1.29, 1.82) is 0 Å². The Morgan fingerprint density at radius 2 is 2.00 bits per heavy atom. The first-order chi connectivity index (χ1) is 9.99. The van der Waals surface area contributed by atoms with Gasteiger partial charge in [0.2, 0.25) is 5.91 Å². The molecular formula is C16H28N2O3. The Labute approximate surface area is 127 Å². The highest BCUT2D eigenvalue weighted by Crippen LogP contribution is 2.21. The standard InChI is InChI=1S/C16H28N2O3/c1-4-17(13(3)11-16(20)21)12-15(19)18(5-2)14-9-7-6-8-10-14/h9,13H,4-8,10-12H2,1-3H3,(H,20,21). The summed E-state index contributed by atoms with van der Waals surface area (Å²) in [6.07, 6.45) is 6.59. The second-order valence-electron chi connectivity index (χ2n) is 5.59. The van der Waals surface area contributed by atoms with Crippen LogP contribution in [-0.2, 0) is 9.59 Å². The van der Waals surface area contributed by atoms with E-state index in [1.165, 1.54) is 6.42 Å². The molecule has 0 bridgehead atoms. The van der Waals surface area contributed by atoms with Crippen LogP contribution in [0.2, 0.25) is 0 Å². The Balaban J connectivity index is 2.66. The molecule has 5 nitrogen and oxygen atoms in total. The first-order valence-electron chi connectivity index (χ1n) is 7.94. The van der Waals surface area contributed by atoms with Crippen molar-refractivity contribution in [2.24, 2.45) is 0 Å². The number of rotatable bonds is 8. The minimum Gasteiger partial charge on any atom is -0.481 e. The van der Waals surface area contributed by atoms with E-state index in [9.17, 15) is 9.59 Å². The lowest BCUT2D eigenvalue weighted by Crippen LogP contribution is -2.44. The molecule has 0 aliphatic heterocycles. The zero-order chi connectivity index (χ0) is 15.8. The number of likely N-dealkylation sites (N-methyl/N-ethyl adjacent to an activating group) is 2. The SMILES string of the molecule is CCN(C(=O)CN(CC)C(C)CC(=O)O)C1=CCCCC1. The lowest BCUT2D eigenvalue weighted by atomic mass is 10.0. The third-order valence-electron chi connectivity index (χ3n) is 4.07. The molecule has 1 rings (SSSR count). The third kappa shape index (κ3) is 5.50. The first kappa shape index (κ1) is 17.7. The monoisotopic (exact) mass is 296 g/mol. The highest BCUT2D eigenvalue weighted by Gasteiger charge is 2.23. The average Bonchev–Trinajstić information content (AvgIpc) is 2.45. The van der Waals surface area contributed by atoms with Crippen molar-refractivity contribution in [3.05, 3.63) is 11.8 Å². The lowest BCUT2D eigenvalue weighted by molar-refractivity contribution is -0.139. The van der Waals surface area contributed by atoms with E-state index >= 15 is 0 Å². The highest BCUT2D eigenvalue weighted by atomic mass is 16.4. The van der Waals surface area contributed by atoms with Crippen molar-refractivity contribution in [2.75, 3.05) is 19.6 Å². The van der Waals surface area contributed by atoms with Gasteiger partial charge in [0.1, 0.15) is 0 Å². The minimum atomic E-state index is -0.823. The lowest BCUT2D eigenvalue weighted by Gasteiger charge is -2.31. The summed E-state index contributed by atoms with van der Waals surface area (Å²) in [7, 11) is 0. The Morgan fingerprint density at radius 3 is 2.48 bits per heavy atom. The van der Waals surface area contributed by atoms with Gasteiger partial charge < -0.3 is 10.0 Å². The van der Waals surface area contributed by atoms with Crippen molar-refractivity contribution in [2.45, 2.75) is 58.9 Å². The fourth-order valence-electron chi connectivity index (χ4n) is 2.83. The normalized spacial score (nSPS) is 16.5. The number of amides is 1. The summed E-state index contributed by atoms with van der Waals surface area (Å²) in [5.74, 6) is -0.750. The molecule has 0 aromatic rings. The van der Waals surface area contributed by atoms with Crippen molar-refractivity contribution in [3.63, 3.8) is 0 Å². The Hall–Kier alpha value is -1.36. The Morgan fingerprint density at radius 1 is 1.29 bits per heavy atom. The van der Waals surface area contributed by atoms with Gasteiger partial charge in [-0.1, -0.05) is 13.0 Å². The van der Waals surface area contributed by atoms with E-state index in [2.05, 4.69) is 6.08 Å². The number of carboxylic acids is 1. The number of hydrogen-bond acceptors (Lipinski definition) is 3. The minimum absolute atomic E-state index is 0.0654. The smallest absolute Gasteiger partial charge is 0.304 e. The number of carbonyl (C=O) groups excluding carboxylic acids is 1. The second-order valence-corrected chi connectivity index (χ2v) is 5.59. The summed E-state index contributed by atoms with van der Waals surface area (Å²) in [4.78, 5) is 27.1. The zero-order valence-electron chi connectivity index (χ0n) is 13.5. The first-order valence-corrected chi connectivity index (χ1v) is 7.94. The summed E-state index contributed by atoms with van der Waals surface area (Å²) in [5.41, 5.74) is 1.13. The maximum atomic E-state index is 12.5. The van der Waals surface area contributed by atoms with Crippen LogP contribution in [0.3, 0.4) is 0 Å². The van der Waals surface area contributed by atoms with Gasteiger partial charge in [0.15, 0.2) is 0 Å². The van der Waals surface area contributed by atoms with Crippen molar-refractivity contribution in [1.82, 2.24) is 9.80 Å². The quantitative estimate of drug-likeness (QED) is 0.747. The fourth-order valence-corrected chi connectivity index (χ4v) is 2.83. The van der Waals surface area contributed by atoms with Gasteiger partial charge >= 0.3 is 5.97 Å². The van der Waals surface area contributed by atoms with Gasteiger partial charge in [-0.2, -0.15) is 0 Å². The molecule has 0 aromatic carbocycles. The molecule has 0 radical (unpaired) electrons. The van der Waals surface area contributed by atoms with Crippen LogP contribution in [0.25, 0.3) is 0 Å². The van der Waals surface area contributed by atoms with Gasteiger partial charge in [-0.3, -0.25) is 14.5 Å². The van der Waals surface area contributed by atoms with E-state index in [0.717, 1.165) is 25.0 Å². The molecule has 21 heavy (non-hydrogen) atoms. The van der Waals surface area contributed by atoms with Crippen LogP contribution < -0.4 is 0 Å². The molecule has 120 valence electrons. The molecule has 0 saturated carbocycles. The molecule has 1 N–H and O–H groups in total. The van der Waals surface area contributed by atoms with Gasteiger partial charge in [-0.25, -0.2) is 0 Å². The van der Waals surface area contributed by atoms with Crippen LogP contribution in [-0.4, -0.2) is 52.5 Å². The molecule has 1 aliphatic rings. The molecule has 0 heterocycles. The van der Waals surface area contributed by atoms with Gasteiger partial charge in [0.25, 0.3) is 0 Å². The molecule has 1 unspecified atom stereocenters. The number of aliphatic carboxylic acids is 1. The number of allylic oxidation sites excluding steroid dienone is 2. The van der Waals surface area contributed by atoms with Crippen LogP contribution in [0, 0.1) is 0 Å². The highest BCUT2D eigenvalue weighted by molar-refractivity contribution is 5.80. The van der Waals surface area contributed by atoms with Crippen LogP contribution in [0.5, 0.6) is 0 Å². The molecule has 0 aromatic heterocycles. The van der Waals surface area contributed by atoms with Gasteiger partial charge in [-0.15, -0.1) is 0 Å². The summed E-state index contributed by atoms with van der Waals surface area (Å²) < 4.78 is 0. The maximum Gasteiger partial charge on any atom is 0.304 e. The molecule has 1 aliphatic carbocycles. The van der Waals surface area contributed by atoms with Crippen LogP contribution in [0.15, 0.2) is 11.8 Å². The number of carboxylic acid groups (broad SMARTS) is 1. The molecule has 1 amide bonds. The van der Waals surface area contributed by atoms with Crippen LogP contribution >= 0.6 is 0 Å². The zero-order valence-corrected chi connectivity index (χ0v) is 13.5. The van der Waals surface area contributed by atoms with Gasteiger partial charge in [0, 0.05) is 18.3 Å². The van der Waals surface area contributed by atoms with Crippen molar-refractivity contribution in [3.8, 4) is 0 Å².